The van der Waals surface area contributed by atoms with Crippen LogP contribution in [-0.2, 0) is 4.79 Å². The fourth-order valence-corrected chi connectivity index (χ4v) is 3.05. The van der Waals surface area contributed by atoms with Crippen molar-refractivity contribution in [3.63, 3.8) is 0 Å². The van der Waals surface area contributed by atoms with Gasteiger partial charge in [-0.05, 0) is 19.8 Å². The molecule has 1 heterocycles. The number of rotatable bonds is 5. The van der Waals surface area contributed by atoms with Gasteiger partial charge in [0.25, 0.3) is 0 Å². The number of thioether (sulfide) groups is 1. The van der Waals surface area contributed by atoms with E-state index in [0.29, 0.717) is 11.7 Å². The van der Waals surface area contributed by atoms with Crippen LogP contribution in [0.25, 0.3) is 0 Å². The van der Waals surface area contributed by atoms with Gasteiger partial charge >= 0.3 is 12.0 Å². The second kappa shape index (κ2) is 7.51. The summed E-state index contributed by atoms with van der Waals surface area (Å²) in [6.07, 6.45) is 1.64. The van der Waals surface area contributed by atoms with E-state index in [1.807, 2.05) is 23.6 Å². The lowest BCUT2D eigenvalue weighted by Gasteiger charge is -2.32. The highest BCUT2D eigenvalue weighted by atomic mass is 32.2. The van der Waals surface area contributed by atoms with Crippen molar-refractivity contribution in [3.05, 3.63) is 0 Å². The van der Waals surface area contributed by atoms with E-state index in [4.69, 9.17) is 5.11 Å². The highest BCUT2D eigenvalue weighted by Crippen LogP contribution is 2.21. The Balaban J connectivity index is 2.32. The summed E-state index contributed by atoms with van der Waals surface area (Å²) in [7, 11) is 0. The minimum Gasteiger partial charge on any atom is -0.481 e. The maximum atomic E-state index is 12.0. The molecule has 1 fully saturated rings. The SMILES string of the molecule is CCC1CN(C(=O)NC(C)CCC(=O)O)CCS1. The lowest BCUT2D eigenvalue weighted by Crippen LogP contribution is -2.49. The van der Waals surface area contributed by atoms with E-state index in [-0.39, 0.29) is 18.5 Å². The molecule has 2 amide bonds. The van der Waals surface area contributed by atoms with Crippen LogP contribution < -0.4 is 5.32 Å². The topological polar surface area (TPSA) is 69.6 Å². The van der Waals surface area contributed by atoms with Gasteiger partial charge in [-0.3, -0.25) is 4.79 Å². The van der Waals surface area contributed by atoms with Crippen LogP contribution in [0.1, 0.15) is 33.1 Å². The number of amides is 2. The van der Waals surface area contributed by atoms with Crippen molar-refractivity contribution in [1.29, 1.82) is 0 Å². The van der Waals surface area contributed by atoms with Gasteiger partial charge in [0, 0.05) is 36.6 Å². The Bertz CT molecular complexity index is 299. The van der Waals surface area contributed by atoms with Crippen molar-refractivity contribution in [3.8, 4) is 0 Å². The Morgan fingerprint density at radius 1 is 1.56 bits per heavy atom. The van der Waals surface area contributed by atoms with Crippen LogP contribution >= 0.6 is 11.8 Å². The van der Waals surface area contributed by atoms with Crippen LogP contribution in [0.15, 0.2) is 0 Å². The molecule has 0 radical (unpaired) electrons. The highest BCUT2D eigenvalue weighted by molar-refractivity contribution is 8.00. The smallest absolute Gasteiger partial charge is 0.317 e. The van der Waals surface area contributed by atoms with E-state index in [9.17, 15) is 9.59 Å². The van der Waals surface area contributed by atoms with Crippen molar-refractivity contribution in [1.82, 2.24) is 10.2 Å². The van der Waals surface area contributed by atoms with E-state index >= 15 is 0 Å². The molecule has 5 nitrogen and oxygen atoms in total. The van der Waals surface area contributed by atoms with Gasteiger partial charge in [0.15, 0.2) is 0 Å². The minimum absolute atomic E-state index is 0.0633. The number of nitrogens with one attached hydrogen (secondary N) is 1. The van der Waals surface area contributed by atoms with Crippen molar-refractivity contribution in [2.45, 2.75) is 44.4 Å². The molecule has 0 bridgehead atoms. The zero-order chi connectivity index (χ0) is 13.5. The molecule has 1 saturated heterocycles. The summed E-state index contributed by atoms with van der Waals surface area (Å²) < 4.78 is 0. The van der Waals surface area contributed by atoms with Crippen LogP contribution in [0.5, 0.6) is 0 Å². The molecule has 6 heteroatoms. The predicted octanol–water partition coefficient (Wildman–Crippen LogP) is 1.78. The summed E-state index contributed by atoms with van der Waals surface area (Å²) in [5.41, 5.74) is 0. The lowest BCUT2D eigenvalue weighted by molar-refractivity contribution is -0.137. The number of carbonyl (C=O) groups excluding carboxylic acids is 1. The van der Waals surface area contributed by atoms with Gasteiger partial charge in [-0.15, -0.1) is 0 Å². The second-order valence-corrected chi connectivity index (χ2v) is 6.04. The largest absolute Gasteiger partial charge is 0.481 e. The molecule has 2 unspecified atom stereocenters. The normalized spacial score (nSPS) is 21.4. The third kappa shape index (κ3) is 5.16. The first-order valence-electron chi connectivity index (χ1n) is 6.41. The first-order chi connectivity index (χ1) is 8.52. The molecule has 2 atom stereocenters. The summed E-state index contributed by atoms with van der Waals surface area (Å²) in [6.45, 7) is 5.54. The quantitative estimate of drug-likeness (QED) is 0.801. The minimum atomic E-state index is -0.823. The Labute approximate surface area is 112 Å². The van der Waals surface area contributed by atoms with Gasteiger partial charge < -0.3 is 15.3 Å². The molecule has 18 heavy (non-hydrogen) atoms. The third-order valence-corrected chi connectivity index (χ3v) is 4.41. The summed E-state index contributed by atoms with van der Waals surface area (Å²) in [5.74, 6) is 0.159. The average Bonchev–Trinajstić information content (AvgIpc) is 2.36. The molecular formula is C12H22N2O3S. The molecule has 0 aliphatic carbocycles. The van der Waals surface area contributed by atoms with E-state index in [1.54, 1.807) is 0 Å². The van der Waals surface area contributed by atoms with E-state index in [1.165, 1.54) is 0 Å². The summed E-state index contributed by atoms with van der Waals surface area (Å²) >= 11 is 1.92. The molecule has 0 aromatic carbocycles. The summed E-state index contributed by atoms with van der Waals surface area (Å²) in [5, 5.41) is 12.0. The maximum absolute atomic E-state index is 12.0. The number of hydrogen-bond donors (Lipinski definition) is 2. The molecule has 0 aromatic heterocycles. The standard InChI is InChI=1S/C12H22N2O3S/c1-3-10-8-14(6-7-18-10)12(17)13-9(2)4-5-11(15)16/h9-10H,3-8H2,1-2H3,(H,13,17)(H,15,16). The van der Waals surface area contributed by atoms with E-state index in [0.717, 1.165) is 25.3 Å². The molecule has 1 rings (SSSR count). The first-order valence-corrected chi connectivity index (χ1v) is 7.46. The van der Waals surface area contributed by atoms with Gasteiger partial charge in [0.05, 0.1) is 0 Å². The molecule has 0 spiro atoms. The number of carboxylic acids is 1. The van der Waals surface area contributed by atoms with Crippen LogP contribution in [-0.4, -0.2) is 52.1 Å². The van der Waals surface area contributed by atoms with Gasteiger partial charge in [-0.2, -0.15) is 11.8 Å². The summed E-state index contributed by atoms with van der Waals surface area (Å²) in [6, 6.07) is -0.158. The predicted molar refractivity (Wildman–Crippen MR) is 73.0 cm³/mol. The Hall–Kier alpha value is -0.910. The van der Waals surface area contributed by atoms with Crippen LogP contribution in [0.2, 0.25) is 0 Å². The second-order valence-electron chi connectivity index (χ2n) is 4.63. The molecule has 2 N–H and O–H groups in total. The Morgan fingerprint density at radius 2 is 2.28 bits per heavy atom. The third-order valence-electron chi connectivity index (χ3n) is 3.04. The molecule has 0 aromatic rings. The van der Waals surface area contributed by atoms with Crippen molar-refractivity contribution >= 4 is 23.8 Å². The zero-order valence-electron chi connectivity index (χ0n) is 11.0. The number of urea groups is 1. The van der Waals surface area contributed by atoms with Crippen molar-refractivity contribution < 1.29 is 14.7 Å². The van der Waals surface area contributed by atoms with Crippen molar-refractivity contribution in [2.24, 2.45) is 0 Å². The Kier molecular flexibility index (Phi) is 6.32. The molecule has 1 aliphatic rings. The van der Waals surface area contributed by atoms with E-state index in [2.05, 4.69) is 12.2 Å². The number of carboxylic acid groups (broad SMARTS) is 1. The van der Waals surface area contributed by atoms with Gasteiger partial charge in [0.2, 0.25) is 0 Å². The summed E-state index contributed by atoms with van der Waals surface area (Å²) in [4.78, 5) is 24.3. The number of aliphatic carboxylic acids is 1. The number of hydrogen-bond acceptors (Lipinski definition) is 3. The maximum Gasteiger partial charge on any atom is 0.317 e. The van der Waals surface area contributed by atoms with Crippen LogP contribution in [0.4, 0.5) is 4.79 Å². The van der Waals surface area contributed by atoms with Gasteiger partial charge in [0.1, 0.15) is 0 Å². The monoisotopic (exact) mass is 274 g/mol. The highest BCUT2D eigenvalue weighted by Gasteiger charge is 2.23. The van der Waals surface area contributed by atoms with Gasteiger partial charge in [-0.1, -0.05) is 6.92 Å². The average molecular weight is 274 g/mol. The van der Waals surface area contributed by atoms with Gasteiger partial charge in [-0.25, -0.2) is 4.79 Å². The number of carbonyl (C=O) groups is 2. The zero-order valence-corrected chi connectivity index (χ0v) is 11.8. The molecule has 1 aliphatic heterocycles. The molecule has 0 saturated carbocycles. The fraction of sp³-hybridized carbons (Fsp3) is 0.833. The van der Waals surface area contributed by atoms with Crippen molar-refractivity contribution in [2.75, 3.05) is 18.8 Å². The first kappa shape index (κ1) is 15.1. The van der Waals surface area contributed by atoms with Crippen LogP contribution in [0, 0.1) is 0 Å². The Morgan fingerprint density at radius 3 is 2.89 bits per heavy atom. The molecular weight excluding hydrogens is 252 g/mol. The fourth-order valence-electron chi connectivity index (χ4n) is 1.86. The van der Waals surface area contributed by atoms with Crippen LogP contribution in [0.3, 0.4) is 0 Å². The van der Waals surface area contributed by atoms with E-state index < -0.39 is 5.97 Å². The lowest BCUT2D eigenvalue weighted by atomic mass is 10.2. The molecule has 104 valence electrons. The number of nitrogens with zero attached hydrogens (tertiary/aromatic N) is 1.